The van der Waals surface area contributed by atoms with Crippen molar-refractivity contribution in [2.75, 3.05) is 5.43 Å². The van der Waals surface area contributed by atoms with E-state index in [4.69, 9.17) is 17.4 Å². The van der Waals surface area contributed by atoms with Crippen LogP contribution in [-0.4, -0.2) is 9.97 Å². The van der Waals surface area contributed by atoms with Gasteiger partial charge in [-0.05, 0) is 24.6 Å². The standard InChI is InChI=1S/C11H11ClN4/c1-7-6-8(12)2-3-9(7)10-11(16-13)15-5-4-14-10/h2-6H,13H2,1H3,(H,15,16). The number of rotatable bonds is 2. The Kier molecular flexibility index (Phi) is 3.03. The largest absolute Gasteiger partial charge is 0.307 e. The molecule has 2 aromatic rings. The molecule has 2 rings (SSSR count). The fraction of sp³-hybridized carbons (Fsp3) is 0.0909. The van der Waals surface area contributed by atoms with Gasteiger partial charge in [-0.2, -0.15) is 0 Å². The Labute approximate surface area is 98.5 Å². The van der Waals surface area contributed by atoms with Gasteiger partial charge in [-0.25, -0.2) is 10.8 Å². The first kappa shape index (κ1) is 10.9. The van der Waals surface area contributed by atoms with Crippen LogP contribution in [0, 0.1) is 6.92 Å². The highest BCUT2D eigenvalue weighted by Gasteiger charge is 2.09. The molecule has 1 aromatic carbocycles. The number of nitrogens with zero attached hydrogens (tertiary/aromatic N) is 2. The molecule has 0 radical (unpaired) electrons. The Bertz CT molecular complexity index is 513. The quantitative estimate of drug-likeness (QED) is 0.619. The van der Waals surface area contributed by atoms with E-state index >= 15 is 0 Å². The third-order valence-electron chi connectivity index (χ3n) is 2.28. The second-order valence-corrected chi connectivity index (χ2v) is 3.79. The first-order valence-electron chi connectivity index (χ1n) is 4.76. The Balaban J connectivity index is 2.58. The molecule has 0 aliphatic heterocycles. The zero-order valence-corrected chi connectivity index (χ0v) is 9.49. The molecule has 0 aliphatic carbocycles. The summed E-state index contributed by atoms with van der Waals surface area (Å²) in [5, 5.41) is 0.701. The number of anilines is 1. The maximum atomic E-state index is 5.90. The molecule has 1 aromatic heterocycles. The molecule has 0 unspecified atom stereocenters. The average Bonchev–Trinajstić information content (AvgIpc) is 2.29. The fourth-order valence-electron chi connectivity index (χ4n) is 1.53. The molecule has 0 spiro atoms. The van der Waals surface area contributed by atoms with Crippen molar-refractivity contribution in [2.45, 2.75) is 6.92 Å². The molecular weight excluding hydrogens is 224 g/mol. The van der Waals surface area contributed by atoms with E-state index in [1.165, 1.54) is 0 Å². The van der Waals surface area contributed by atoms with Crippen molar-refractivity contribution in [1.29, 1.82) is 0 Å². The number of aryl methyl sites for hydroxylation is 1. The molecule has 5 heteroatoms. The van der Waals surface area contributed by atoms with Crippen LogP contribution in [0.3, 0.4) is 0 Å². The molecule has 0 bridgehead atoms. The van der Waals surface area contributed by atoms with Crippen LogP contribution in [-0.2, 0) is 0 Å². The van der Waals surface area contributed by atoms with Gasteiger partial charge in [-0.1, -0.05) is 17.7 Å². The molecule has 0 saturated heterocycles. The Morgan fingerprint density at radius 3 is 2.69 bits per heavy atom. The van der Waals surface area contributed by atoms with E-state index in [-0.39, 0.29) is 0 Å². The lowest BCUT2D eigenvalue weighted by atomic mass is 10.1. The lowest BCUT2D eigenvalue weighted by Gasteiger charge is -2.09. The van der Waals surface area contributed by atoms with Crippen LogP contribution >= 0.6 is 11.6 Å². The van der Waals surface area contributed by atoms with Crippen molar-refractivity contribution in [1.82, 2.24) is 9.97 Å². The lowest BCUT2D eigenvalue weighted by Crippen LogP contribution is -2.10. The summed E-state index contributed by atoms with van der Waals surface area (Å²) in [5.74, 6) is 5.94. The number of aromatic nitrogens is 2. The monoisotopic (exact) mass is 234 g/mol. The molecule has 0 aliphatic rings. The Morgan fingerprint density at radius 1 is 1.25 bits per heavy atom. The summed E-state index contributed by atoms with van der Waals surface area (Å²) in [6, 6.07) is 5.60. The summed E-state index contributed by atoms with van der Waals surface area (Å²) in [4.78, 5) is 8.37. The smallest absolute Gasteiger partial charge is 0.166 e. The molecule has 0 atom stereocenters. The van der Waals surface area contributed by atoms with Crippen LogP contribution in [0.2, 0.25) is 5.02 Å². The summed E-state index contributed by atoms with van der Waals surface area (Å²) in [5.41, 5.74) is 5.25. The fourth-order valence-corrected chi connectivity index (χ4v) is 1.76. The summed E-state index contributed by atoms with van der Waals surface area (Å²) in [7, 11) is 0. The topological polar surface area (TPSA) is 63.8 Å². The van der Waals surface area contributed by atoms with E-state index in [1.54, 1.807) is 12.4 Å². The normalized spacial score (nSPS) is 10.2. The zero-order chi connectivity index (χ0) is 11.5. The van der Waals surface area contributed by atoms with Crippen molar-refractivity contribution in [3.63, 3.8) is 0 Å². The lowest BCUT2D eigenvalue weighted by molar-refractivity contribution is 1.16. The van der Waals surface area contributed by atoms with Gasteiger partial charge in [0.15, 0.2) is 5.82 Å². The third kappa shape index (κ3) is 1.98. The first-order chi connectivity index (χ1) is 7.72. The summed E-state index contributed by atoms with van der Waals surface area (Å²) < 4.78 is 0. The van der Waals surface area contributed by atoms with Gasteiger partial charge in [-0.3, -0.25) is 4.98 Å². The minimum absolute atomic E-state index is 0.549. The predicted octanol–water partition coefficient (Wildman–Crippen LogP) is 2.39. The maximum Gasteiger partial charge on any atom is 0.166 e. The van der Waals surface area contributed by atoms with Gasteiger partial charge in [0.25, 0.3) is 0 Å². The van der Waals surface area contributed by atoms with Crippen molar-refractivity contribution >= 4 is 17.4 Å². The maximum absolute atomic E-state index is 5.90. The zero-order valence-electron chi connectivity index (χ0n) is 8.74. The van der Waals surface area contributed by atoms with Crippen LogP contribution in [0.15, 0.2) is 30.6 Å². The van der Waals surface area contributed by atoms with Crippen molar-refractivity contribution in [2.24, 2.45) is 5.84 Å². The molecule has 0 saturated carbocycles. The minimum Gasteiger partial charge on any atom is -0.307 e. The van der Waals surface area contributed by atoms with E-state index in [0.717, 1.165) is 16.8 Å². The van der Waals surface area contributed by atoms with Gasteiger partial charge < -0.3 is 5.43 Å². The molecule has 1 heterocycles. The van der Waals surface area contributed by atoms with E-state index in [0.29, 0.717) is 10.8 Å². The SMILES string of the molecule is Cc1cc(Cl)ccc1-c1nccnc1NN. The van der Waals surface area contributed by atoms with Gasteiger partial charge in [-0.15, -0.1) is 0 Å². The van der Waals surface area contributed by atoms with Gasteiger partial charge in [0.1, 0.15) is 5.69 Å². The molecular formula is C11H11ClN4. The highest BCUT2D eigenvalue weighted by molar-refractivity contribution is 6.30. The number of benzene rings is 1. The summed E-state index contributed by atoms with van der Waals surface area (Å²) in [6.45, 7) is 1.97. The van der Waals surface area contributed by atoms with Crippen LogP contribution in [0.25, 0.3) is 11.3 Å². The van der Waals surface area contributed by atoms with E-state index < -0.39 is 0 Å². The van der Waals surface area contributed by atoms with Crippen LogP contribution < -0.4 is 11.3 Å². The predicted molar refractivity (Wildman–Crippen MR) is 65.0 cm³/mol. The number of nitrogen functional groups attached to an aromatic ring is 1. The van der Waals surface area contributed by atoms with Gasteiger partial charge >= 0.3 is 0 Å². The Morgan fingerprint density at radius 2 is 2.00 bits per heavy atom. The first-order valence-corrected chi connectivity index (χ1v) is 5.14. The van der Waals surface area contributed by atoms with Crippen molar-refractivity contribution < 1.29 is 0 Å². The Hall–Kier alpha value is -1.65. The summed E-state index contributed by atoms with van der Waals surface area (Å²) >= 11 is 5.90. The number of hydrogen-bond acceptors (Lipinski definition) is 4. The van der Waals surface area contributed by atoms with E-state index in [2.05, 4.69) is 15.4 Å². The number of halogens is 1. The van der Waals surface area contributed by atoms with Crippen LogP contribution in [0.5, 0.6) is 0 Å². The highest BCUT2D eigenvalue weighted by Crippen LogP contribution is 2.27. The van der Waals surface area contributed by atoms with Gasteiger partial charge in [0.2, 0.25) is 0 Å². The summed E-state index contributed by atoms with van der Waals surface area (Å²) in [6.07, 6.45) is 3.22. The van der Waals surface area contributed by atoms with Crippen molar-refractivity contribution in [3.8, 4) is 11.3 Å². The number of hydrogen-bond donors (Lipinski definition) is 2. The number of nitrogens with two attached hydrogens (primary N) is 1. The third-order valence-corrected chi connectivity index (χ3v) is 2.51. The molecule has 4 nitrogen and oxygen atoms in total. The molecule has 3 N–H and O–H groups in total. The highest BCUT2D eigenvalue weighted by atomic mass is 35.5. The molecule has 0 amide bonds. The van der Waals surface area contributed by atoms with E-state index in [1.807, 2.05) is 25.1 Å². The van der Waals surface area contributed by atoms with Crippen LogP contribution in [0.1, 0.15) is 5.56 Å². The van der Waals surface area contributed by atoms with Gasteiger partial charge in [0.05, 0.1) is 0 Å². The average molecular weight is 235 g/mol. The minimum atomic E-state index is 0.549. The van der Waals surface area contributed by atoms with Crippen LogP contribution in [0.4, 0.5) is 5.82 Å². The second kappa shape index (κ2) is 4.47. The van der Waals surface area contributed by atoms with Crippen molar-refractivity contribution in [3.05, 3.63) is 41.2 Å². The van der Waals surface area contributed by atoms with E-state index in [9.17, 15) is 0 Å². The molecule has 16 heavy (non-hydrogen) atoms. The second-order valence-electron chi connectivity index (χ2n) is 3.36. The molecule has 82 valence electrons. The number of hydrazine groups is 1. The van der Waals surface area contributed by atoms with Gasteiger partial charge in [0, 0.05) is 23.0 Å². The molecule has 0 fully saturated rings. The number of nitrogens with one attached hydrogen (secondary N) is 1.